The first-order chi connectivity index (χ1) is 5.40. The second-order valence-electron chi connectivity index (χ2n) is 2.11. The first kappa shape index (κ1) is 6.54. The van der Waals surface area contributed by atoms with E-state index in [1.165, 1.54) is 0 Å². The summed E-state index contributed by atoms with van der Waals surface area (Å²) in [4.78, 5) is 4.04. The molecule has 5 heteroatoms. The molecule has 0 saturated carbocycles. The quantitative estimate of drug-likeness (QED) is 0.594. The zero-order chi connectivity index (χ0) is 7.68. The molecule has 4 nitrogen and oxygen atoms in total. The second kappa shape index (κ2) is 2.47. The van der Waals surface area contributed by atoms with Gasteiger partial charge in [-0.2, -0.15) is 0 Å². The lowest BCUT2D eigenvalue weighted by Crippen LogP contribution is -1.90. The zero-order valence-electron chi connectivity index (χ0n) is 5.61. The van der Waals surface area contributed by atoms with Crippen LogP contribution in [0.4, 0.5) is 0 Å². The lowest BCUT2D eigenvalue weighted by atomic mass is 10.5. The summed E-state index contributed by atoms with van der Waals surface area (Å²) in [7, 11) is 0. The second-order valence-corrected chi connectivity index (χ2v) is 2.38. The van der Waals surface area contributed by atoms with Crippen molar-refractivity contribution in [2.45, 2.75) is 5.88 Å². The molecule has 0 aliphatic rings. The van der Waals surface area contributed by atoms with E-state index in [4.69, 9.17) is 11.6 Å². The molecule has 56 valence electrons. The zero-order valence-corrected chi connectivity index (χ0v) is 6.36. The van der Waals surface area contributed by atoms with Gasteiger partial charge in [0.15, 0.2) is 5.65 Å². The standard InChI is InChI=1S/C6H5ClN4/c7-1-5-3-11-4-9-10-6(11)2-8-5/h2-4H,1H2. The number of rotatable bonds is 1. The van der Waals surface area contributed by atoms with Gasteiger partial charge in [-0.15, -0.1) is 21.8 Å². The summed E-state index contributed by atoms with van der Waals surface area (Å²) in [6.07, 6.45) is 5.07. The fourth-order valence-corrected chi connectivity index (χ4v) is 0.985. The Hall–Kier alpha value is -1.16. The lowest BCUT2D eigenvalue weighted by molar-refractivity contribution is 1.05. The summed E-state index contributed by atoms with van der Waals surface area (Å²) in [5.74, 6) is 0.411. The molecule has 2 aromatic heterocycles. The number of halogens is 1. The number of hydrogen-bond donors (Lipinski definition) is 0. The summed E-state index contributed by atoms with van der Waals surface area (Å²) in [5.41, 5.74) is 1.55. The largest absolute Gasteiger partial charge is 0.286 e. The summed E-state index contributed by atoms with van der Waals surface area (Å²) >= 11 is 5.58. The van der Waals surface area contributed by atoms with E-state index in [1.807, 2.05) is 6.20 Å². The highest BCUT2D eigenvalue weighted by atomic mass is 35.5. The third-order valence-electron chi connectivity index (χ3n) is 1.37. The van der Waals surface area contributed by atoms with E-state index in [-0.39, 0.29) is 0 Å². The van der Waals surface area contributed by atoms with Gasteiger partial charge >= 0.3 is 0 Å². The highest BCUT2D eigenvalue weighted by Gasteiger charge is 1.96. The average molecular weight is 169 g/mol. The molecule has 0 bridgehead atoms. The Morgan fingerprint density at radius 2 is 2.45 bits per heavy atom. The number of fused-ring (bicyclic) bond motifs is 1. The summed E-state index contributed by atoms with van der Waals surface area (Å²) < 4.78 is 1.78. The smallest absolute Gasteiger partial charge is 0.179 e. The molecule has 11 heavy (non-hydrogen) atoms. The molecule has 2 aromatic rings. The van der Waals surface area contributed by atoms with Crippen LogP contribution in [0.25, 0.3) is 5.65 Å². The highest BCUT2D eigenvalue weighted by Crippen LogP contribution is 2.01. The Labute approximate surface area is 67.8 Å². The summed E-state index contributed by atoms with van der Waals surface area (Å²) in [6, 6.07) is 0. The lowest BCUT2D eigenvalue weighted by Gasteiger charge is -1.93. The monoisotopic (exact) mass is 168 g/mol. The molecule has 2 heterocycles. The van der Waals surface area contributed by atoms with Crippen LogP contribution in [0.2, 0.25) is 0 Å². The molecule has 0 N–H and O–H groups in total. The molecule has 0 aliphatic carbocycles. The van der Waals surface area contributed by atoms with Crippen LogP contribution in [0.5, 0.6) is 0 Å². The first-order valence-corrected chi connectivity index (χ1v) is 3.64. The molecular weight excluding hydrogens is 164 g/mol. The van der Waals surface area contributed by atoms with Crippen LogP contribution in [0.15, 0.2) is 18.7 Å². The van der Waals surface area contributed by atoms with Gasteiger partial charge in [-0.05, 0) is 0 Å². The fraction of sp³-hybridized carbons (Fsp3) is 0.167. The highest BCUT2D eigenvalue weighted by molar-refractivity contribution is 6.16. The van der Waals surface area contributed by atoms with Gasteiger partial charge in [0.2, 0.25) is 0 Å². The fourth-order valence-electron chi connectivity index (χ4n) is 0.847. The van der Waals surface area contributed by atoms with Gasteiger partial charge in [-0.25, -0.2) is 0 Å². The molecule has 0 aromatic carbocycles. The van der Waals surface area contributed by atoms with Crippen LogP contribution in [-0.2, 0) is 5.88 Å². The van der Waals surface area contributed by atoms with E-state index in [0.29, 0.717) is 5.88 Å². The van der Waals surface area contributed by atoms with E-state index in [9.17, 15) is 0 Å². The number of nitrogens with zero attached hydrogens (tertiary/aromatic N) is 4. The minimum absolute atomic E-state index is 0.411. The first-order valence-electron chi connectivity index (χ1n) is 3.10. The average Bonchev–Trinajstić information content (AvgIpc) is 2.50. The predicted octanol–water partition coefficient (Wildman–Crippen LogP) is 0.863. The molecule has 0 unspecified atom stereocenters. The molecule has 0 spiro atoms. The van der Waals surface area contributed by atoms with E-state index >= 15 is 0 Å². The van der Waals surface area contributed by atoms with Crippen molar-refractivity contribution >= 4 is 17.2 Å². The van der Waals surface area contributed by atoms with Crippen molar-refractivity contribution in [2.24, 2.45) is 0 Å². The minimum atomic E-state index is 0.411. The third kappa shape index (κ3) is 1.05. The minimum Gasteiger partial charge on any atom is -0.286 e. The molecule has 0 aliphatic heterocycles. The summed E-state index contributed by atoms with van der Waals surface area (Å²) in [6.45, 7) is 0. The van der Waals surface area contributed by atoms with E-state index in [1.54, 1.807) is 16.9 Å². The van der Waals surface area contributed by atoms with Crippen molar-refractivity contribution in [1.29, 1.82) is 0 Å². The van der Waals surface area contributed by atoms with E-state index < -0.39 is 0 Å². The van der Waals surface area contributed by atoms with Gasteiger partial charge in [-0.1, -0.05) is 0 Å². The molecule has 2 rings (SSSR count). The van der Waals surface area contributed by atoms with Gasteiger partial charge in [0.05, 0.1) is 17.8 Å². The van der Waals surface area contributed by atoms with Crippen LogP contribution < -0.4 is 0 Å². The van der Waals surface area contributed by atoms with Crippen molar-refractivity contribution in [2.75, 3.05) is 0 Å². The Kier molecular flexibility index (Phi) is 1.47. The van der Waals surface area contributed by atoms with E-state index in [2.05, 4.69) is 15.2 Å². The van der Waals surface area contributed by atoms with Crippen LogP contribution in [0.1, 0.15) is 5.69 Å². The van der Waals surface area contributed by atoms with Crippen LogP contribution in [0, 0.1) is 0 Å². The Balaban J connectivity index is 2.67. The van der Waals surface area contributed by atoms with Gasteiger partial charge in [-0.3, -0.25) is 9.38 Å². The Bertz CT molecular complexity index is 369. The molecule has 0 fully saturated rings. The number of aromatic nitrogens is 4. The van der Waals surface area contributed by atoms with E-state index in [0.717, 1.165) is 11.3 Å². The summed E-state index contributed by atoms with van der Waals surface area (Å²) in [5, 5.41) is 7.51. The van der Waals surface area contributed by atoms with Gasteiger partial charge in [0.25, 0.3) is 0 Å². The molecule has 0 amide bonds. The normalized spacial score (nSPS) is 10.6. The van der Waals surface area contributed by atoms with Crippen molar-refractivity contribution in [1.82, 2.24) is 19.6 Å². The SMILES string of the molecule is ClCc1cn2cnnc2cn1. The van der Waals surface area contributed by atoms with Crippen LogP contribution in [-0.4, -0.2) is 19.6 Å². The maximum absolute atomic E-state index is 5.58. The third-order valence-corrected chi connectivity index (χ3v) is 1.65. The number of alkyl halides is 1. The van der Waals surface area contributed by atoms with Crippen molar-refractivity contribution < 1.29 is 0 Å². The van der Waals surface area contributed by atoms with Crippen LogP contribution in [0.3, 0.4) is 0 Å². The Morgan fingerprint density at radius 1 is 1.55 bits per heavy atom. The molecule has 0 radical (unpaired) electrons. The molecule has 0 atom stereocenters. The van der Waals surface area contributed by atoms with Gasteiger partial charge < -0.3 is 0 Å². The van der Waals surface area contributed by atoms with Gasteiger partial charge in [0.1, 0.15) is 6.33 Å². The topological polar surface area (TPSA) is 43.1 Å². The predicted molar refractivity (Wildman–Crippen MR) is 40.3 cm³/mol. The maximum atomic E-state index is 5.58. The van der Waals surface area contributed by atoms with Crippen molar-refractivity contribution in [3.8, 4) is 0 Å². The Morgan fingerprint density at radius 3 is 3.27 bits per heavy atom. The molecule has 0 saturated heterocycles. The van der Waals surface area contributed by atoms with Gasteiger partial charge in [0, 0.05) is 6.20 Å². The number of hydrogen-bond acceptors (Lipinski definition) is 3. The van der Waals surface area contributed by atoms with Crippen molar-refractivity contribution in [3.63, 3.8) is 0 Å². The van der Waals surface area contributed by atoms with Crippen LogP contribution >= 0.6 is 11.6 Å². The molecular formula is C6H5ClN4. The maximum Gasteiger partial charge on any atom is 0.179 e. The van der Waals surface area contributed by atoms with Crippen molar-refractivity contribution in [3.05, 3.63) is 24.4 Å².